The van der Waals surface area contributed by atoms with Gasteiger partial charge in [0.05, 0.1) is 14.2 Å². The average Bonchev–Trinajstić information content (AvgIpc) is 3.17. The summed E-state index contributed by atoms with van der Waals surface area (Å²) in [6.07, 6.45) is 16.8. The van der Waals surface area contributed by atoms with E-state index >= 15 is 0 Å². The predicted molar refractivity (Wildman–Crippen MR) is 231 cm³/mol. The number of hydrogen-bond donors (Lipinski definition) is 2. The third-order valence-electron chi connectivity index (χ3n) is 10.6. The molecule has 2 aliphatic rings. The van der Waals surface area contributed by atoms with E-state index < -0.39 is 7.12 Å². The summed E-state index contributed by atoms with van der Waals surface area (Å²) in [5.41, 5.74) is 6.07. The molecule has 6 rings (SSSR count). The minimum absolute atomic E-state index is 0. The lowest BCUT2D eigenvalue weighted by molar-refractivity contribution is 0.308. The Balaban J connectivity index is 0.000000283. The van der Waals surface area contributed by atoms with Crippen molar-refractivity contribution in [3.05, 3.63) is 119 Å². The molecule has 0 bridgehead atoms. The van der Waals surface area contributed by atoms with Crippen LogP contribution >= 0.6 is 25.8 Å². The van der Waals surface area contributed by atoms with Crippen LogP contribution in [-0.4, -0.2) is 31.4 Å². The quantitative estimate of drug-likeness (QED) is 0.124. The normalized spacial score (nSPS) is 19.2. The van der Waals surface area contributed by atoms with Gasteiger partial charge in [-0.15, -0.1) is 0 Å². The maximum atomic E-state index is 8.70. The van der Waals surface area contributed by atoms with Gasteiger partial charge in [-0.3, -0.25) is 0 Å². The van der Waals surface area contributed by atoms with Gasteiger partial charge in [0.2, 0.25) is 0 Å². The molecule has 4 N–H and O–H groups in total. The van der Waals surface area contributed by atoms with E-state index in [4.69, 9.17) is 19.5 Å². The molecule has 8 heteroatoms. The van der Waals surface area contributed by atoms with Gasteiger partial charge in [0.15, 0.2) is 0 Å². The Morgan fingerprint density at radius 2 is 0.904 bits per heavy atom. The Kier molecular flexibility index (Phi) is 21.5. The molecule has 0 amide bonds. The van der Waals surface area contributed by atoms with Crippen LogP contribution in [0.5, 0.6) is 11.5 Å². The average molecular weight is 792 g/mol. The van der Waals surface area contributed by atoms with Crippen molar-refractivity contribution in [1.82, 2.24) is 0 Å². The minimum Gasteiger partial charge on any atom is -0.693 e. The van der Waals surface area contributed by atoms with Crippen LogP contribution in [0, 0.1) is 11.8 Å². The summed E-state index contributed by atoms with van der Waals surface area (Å²) in [5.74, 6) is 5.20. The van der Waals surface area contributed by atoms with Gasteiger partial charge < -0.3 is 25.7 Å². The third-order valence-corrected chi connectivity index (χ3v) is 11.2. The van der Waals surface area contributed by atoms with Crippen molar-refractivity contribution >= 4 is 38.4 Å². The smallest absolute Gasteiger partial charge is 0.488 e. The molecule has 1 atom stereocenters. The van der Waals surface area contributed by atoms with E-state index in [1.165, 1.54) is 104 Å². The van der Waals surface area contributed by atoms with E-state index in [1.54, 1.807) is 38.5 Å². The maximum absolute atomic E-state index is 8.70. The predicted octanol–water partition coefficient (Wildman–Crippen LogP) is 12.1. The molecule has 52 heavy (non-hydrogen) atoms. The van der Waals surface area contributed by atoms with E-state index in [1.807, 2.05) is 12.1 Å². The molecular weight excluding hydrogens is 728 g/mol. The van der Waals surface area contributed by atoms with Crippen molar-refractivity contribution < 1.29 is 19.5 Å². The van der Waals surface area contributed by atoms with Crippen LogP contribution in [0.25, 0.3) is 17.3 Å². The standard InChI is InChI=1S/C22H28O.C15H21Br.C7H9BO3.H2N.H3P/c1-3-4-17-5-7-18(8-6-17)19-9-11-20(12-10-19)21-13-15-22(23-2)16-14-21;1-2-3-12-4-6-13(7-5-12)14-8-10-15(16)11-9-14;1-11-7-4-2-6(3-5-7)8(9)10;;/h9-18H,3-8H2,1-2H3;8-13H,2-7H2,1H3;2-5,9-10H,1H3;1H2;1H3/q;;;-1;. The summed E-state index contributed by atoms with van der Waals surface area (Å²) in [6, 6.07) is 33.0. The van der Waals surface area contributed by atoms with E-state index in [9.17, 15) is 0 Å². The van der Waals surface area contributed by atoms with E-state index in [0.717, 1.165) is 29.4 Å². The second-order valence-electron chi connectivity index (χ2n) is 14.1. The van der Waals surface area contributed by atoms with Crippen LogP contribution in [0.15, 0.2) is 102 Å². The van der Waals surface area contributed by atoms with Gasteiger partial charge in [-0.2, -0.15) is 9.90 Å². The molecule has 2 aliphatic carbocycles. The summed E-state index contributed by atoms with van der Waals surface area (Å²) >= 11 is 3.50. The highest BCUT2D eigenvalue weighted by Crippen LogP contribution is 2.39. The van der Waals surface area contributed by atoms with Crippen molar-refractivity contribution in [2.45, 2.75) is 103 Å². The van der Waals surface area contributed by atoms with Crippen molar-refractivity contribution in [3.8, 4) is 22.6 Å². The highest BCUT2D eigenvalue weighted by Gasteiger charge is 2.22. The van der Waals surface area contributed by atoms with Crippen molar-refractivity contribution in [2.75, 3.05) is 14.2 Å². The molecule has 0 heterocycles. The van der Waals surface area contributed by atoms with Gasteiger partial charge in [0.1, 0.15) is 11.5 Å². The zero-order chi connectivity index (χ0) is 35.7. The summed E-state index contributed by atoms with van der Waals surface area (Å²) in [7, 11) is 1.87. The fourth-order valence-electron chi connectivity index (χ4n) is 7.63. The van der Waals surface area contributed by atoms with Crippen LogP contribution in [0.3, 0.4) is 0 Å². The molecule has 2 fully saturated rings. The fourth-order valence-corrected chi connectivity index (χ4v) is 7.89. The monoisotopic (exact) mass is 790 g/mol. The molecule has 4 aromatic rings. The second kappa shape index (κ2) is 24.6. The molecule has 0 aliphatic heterocycles. The second-order valence-corrected chi connectivity index (χ2v) is 15.0. The van der Waals surface area contributed by atoms with E-state index in [-0.39, 0.29) is 16.0 Å². The van der Waals surface area contributed by atoms with Crippen LogP contribution in [0.1, 0.15) is 114 Å². The topological polar surface area (TPSA) is 92.4 Å². The Bertz CT molecular complexity index is 1490. The van der Waals surface area contributed by atoms with Gasteiger partial charge >= 0.3 is 7.12 Å². The molecule has 2 saturated carbocycles. The summed E-state index contributed by atoms with van der Waals surface area (Å²) < 4.78 is 11.3. The Hall–Kier alpha value is -2.67. The van der Waals surface area contributed by atoms with Gasteiger partial charge in [-0.05, 0) is 139 Å². The van der Waals surface area contributed by atoms with Gasteiger partial charge in [-0.25, -0.2) is 0 Å². The Morgan fingerprint density at radius 3 is 1.25 bits per heavy atom. The number of nitrogens with two attached hydrogens (primary N) is 1. The molecule has 0 spiro atoms. The lowest BCUT2D eigenvalue weighted by Crippen LogP contribution is -2.29. The van der Waals surface area contributed by atoms with Gasteiger partial charge in [-0.1, -0.05) is 116 Å². The van der Waals surface area contributed by atoms with E-state index in [0.29, 0.717) is 11.2 Å². The highest BCUT2D eigenvalue weighted by atomic mass is 79.9. The van der Waals surface area contributed by atoms with Crippen LogP contribution in [0.2, 0.25) is 0 Å². The maximum Gasteiger partial charge on any atom is 0.488 e. The third kappa shape index (κ3) is 14.6. The molecule has 4 aromatic carbocycles. The molecule has 284 valence electrons. The largest absolute Gasteiger partial charge is 0.693 e. The van der Waals surface area contributed by atoms with E-state index in [2.05, 4.69) is 90.4 Å². The molecule has 0 saturated heterocycles. The SMILES string of the molecule is CCCC1CCC(c2ccc(-c3ccc(OC)cc3)cc2)CC1.CCCC1CCC(c2ccc(Br)cc2)CC1.COc1ccc(B(O)O)cc1.P.[NH2-]. The lowest BCUT2D eigenvalue weighted by atomic mass is 9.77. The van der Waals surface area contributed by atoms with Crippen molar-refractivity contribution in [1.29, 1.82) is 0 Å². The van der Waals surface area contributed by atoms with Gasteiger partial charge in [0, 0.05) is 4.47 Å². The molecule has 0 aromatic heterocycles. The highest BCUT2D eigenvalue weighted by molar-refractivity contribution is 9.10. The molecule has 0 radical (unpaired) electrons. The summed E-state index contributed by atoms with van der Waals surface area (Å²) in [5, 5.41) is 17.4. The van der Waals surface area contributed by atoms with Crippen LogP contribution in [-0.2, 0) is 0 Å². The van der Waals surface area contributed by atoms with Gasteiger partial charge in [0.25, 0.3) is 0 Å². The zero-order valence-electron chi connectivity index (χ0n) is 32.0. The van der Waals surface area contributed by atoms with Crippen molar-refractivity contribution in [2.24, 2.45) is 11.8 Å². The molecular formula is C44H63BBrNO4P-. The first-order valence-corrected chi connectivity index (χ1v) is 19.6. The zero-order valence-corrected chi connectivity index (χ0v) is 35.0. The number of ether oxygens (including phenoxy) is 2. The number of halogens is 1. The van der Waals surface area contributed by atoms with Crippen LogP contribution < -0.4 is 14.9 Å². The van der Waals surface area contributed by atoms with Crippen molar-refractivity contribution in [3.63, 3.8) is 0 Å². The Morgan fingerprint density at radius 1 is 0.558 bits per heavy atom. The summed E-state index contributed by atoms with van der Waals surface area (Å²) in [4.78, 5) is 0. The number of benzene rings is 4. The van der Waals surface area contributed by atoms with Crippen LogP contribution in [0.4, 0.5) is 0 Å². The number of rotatable bonds is 10. The Labute approximate surface area is 326 Å². The molecule has 1 unspecified atom stereocenters. The number of hydrogen-bond acceptors (Lipinski definition) is 4. The molecule has 5 nitrogen and oxygen atoms in total. The first kappa shape index (κ1) is 45.5. The first-order valence-electron chi connectivity index (χ1n) is 18.8. The number of methoxy groups -OCH3 is 2. The fraction of sp³-hybridized carbons (Fsp3) is 0.455. The minimum atomic E-state index is -1.40. The lowest BCUT2D eigenvalue weighted by Gasteiger charge is -2.28. The summed E-state index contributed by atoms with van der Waals surface area (Å²) in [6.45, 7) is 4.62. The first-order chi connectivity index (χ1) is 24.3.